The van der Waals surface area contributed by atoms with Crippen LogP contribution in [0.1, 0.15) is 28.7 Å². The van der Waals surface area contributed by atoms with Gasteiger partial charge in [0.25, 0.3) is 0 Å². The fourth-order valence-corrected chi connectivity index (χ4v) is 3.21. The summed E-state index contributed by atoms with van der Waals surface area (Å²) in [5.74, 6) is 0. The van der Waals surface area contributed by atoms with Crippen molar-refractivity contribution in [2.45, 2.75) is 33.1 Å². The van der Waals surface area contributed by atoms with Gasteiger partial charge >= 0.3 is 0 Å². The van der Waals surface area contributed by atoms with E-state index in [1.54, 1.807) is 11.1 Å². The molecule has 2 aliphatic rings. The zero-order valence-corrected chi connectivity index (χ0v) is 9.69. The van der Waals surface area contributed by atoms with Crippen LogP contribution in [0.5, 0.6) is 0 Å². The highest BCUT2D eigenvalue weighted by atomic mass is 15.0. The van der Waals surface area contributed by atoms with Crippen LogP contribution in [-0.4, -0.2) is 13.1 Å². The van der Waals surface area contributed by atoms with E-state index in [-0.39, 0.29) is 0 Å². The molecule has 1 saturated heterocycles. The number of benzene rings is 1. The summed E-state index contributed by atoms with van der Waals surface area (Å²) in [6.45, 7) is 6.96. The van der Waals surface area contributed by atoms with Crippen LogP contribution >= 0.6 is 0 Å². The zero-order chi connectivity index (χ0) is 10.5. The molecule has 15 heavy (non-hydrogen) atoms. The smallest absolute Gasteiger partial charge is 0.00235 e. The van der Waals surface area contributed by atoms with Crippen LogP contribution < -0.4 is 5.32 Å². The minimum atomic E-state index is 0.618. The Morgan fingerprint density at radius 3 is 2.67 bits per heavy atom. The molecule has 80 valence electrons. The average molecular weight is 201 g/mol. The van der Waals surface area contributed by atoms with Crippen molar-refractivity contribution in [2.24, 2.45) is 5.41 Å². The SMILES string of the molecule is Cc1cc(C)c2c(c1)CCC1(CNC1)C2. The number of hydrogen-bond acceptors (Lipinski definition) is 1. The maximum Gasteiger partial charge on any atom is 0.00235 e. The highest BCUT2D eigenvalue weighted by Gasteiger charge is 2.39. The van der Waals surface area contributed by atoms with E-state index in [9.17, 15) is 0 Å². The largest absolute Gasteiger partial charge is 0.316 e. The molecule has 1 heterocycles. The molecule has 1 heteroatoms. The minimum Gasteiger partial charge on any atom is -0.316 e. The fraction of sp³-hybridized carbons (Fsp3) is 0.571. The van der Waals surface area contributed by atoms with Crippen LogP contribution in [0.15, 0.2) is 12.1 Å². The molecule has 0 unspecified atom stereocenters. The highest BCUT2D eigenvalue weighted by molar-refractivity contribution is 5.41. The molecule has 1 aliphatic heterocycles. The van der Waals surface area contributed by atoms with Gasteiger partial charge < -0.3 is 5.32 Å². The summed E-state index contributed by atoms with van der Waals surface area (Å²) in [6, 6.07) is 4.73. The standard InChI is InChI=1S/C14H19N/c1-10-5-11(2)13-7-14(8-15-9-14)4-3-12(13)6-10/h5-6,15H,3-4,7-9H2,1-2H3. The first kappa shape index (κ1) is 9.41. The molecule has 0 aromatic heterocycles. The van der Waals surface area contributed by atoms with Gasteiger partial charge in [-0.3, -0.25) is 0 Å². The number of rotatable bonds is 0. The number of hydrogen-bond donors (Lipinski definition) is 1. The van der Waals surface area contributed by atoms with Crippen molar-refractivity contribution in [1.29, 1.82) is 0 Å². The van der Waals surface area contributed by atoms with Gasteiger partial charge in [0.2, 0.25) is 0 Å². The zero-order valence-electron chi connectivity index (χ0n) is 9.69. The van der Waals surface area contributed by atoms with E-state index in [1.807, 2.05) is 0 Å². The number of fused-ring (bicyclic) bond motifs is 1. The predicted molar refractivity (Wildman–Crippen MR) is 63.2 cm³/mol. The second kappa shape index (κ2) is 3.08. The third-order valence-corrected chi connectivity index (χ3v) is 4.19. The van der Waals surface area contributed by atoms with Gasteiger partial charge in [-0.05, 0) is 55.2 Å². The van der Waals surface area contributed by atoms with E-state index in [1.165, 1.54) is 43.5 Å². The van der Waals surface area contributed by atoms with Crippen molar-refractivity contribution in [1.82, 2.24) is 5.32 Å². The molecule has 0 amide bonds. The van der Waals surface area contributed by atoms with E-state index in [0.29, 0.717) is 5.41 Å². The Morgan fingerprint density at radius 1 is 1.20 bits per heavy atom. The van der Waals surface area contributed by atoms with Crippen LogP contribution in [0, 0.1) is 19.3 Å². The Hall–Kier alpha value is -0.820. The maximum atomic E-state index is 3.43. The normalized spacial score (nSPS) is 22.3. The first-order valence-electron chi connectivity index (χ1n) is 5.98. The summed E-state index contributed by atoms with van der Waals surface area (Å²) < 4.78 is 0. The number of nitrogens with one attached hydrogen (secondary N) is 1. The molecular weight excluding hydrogens is 182 g/mol. The molecule has 0 atom stereocenters. The van der Waals surface area contributed by atoms with E-state index in [0.717, 1.165) is 0 Å². The maximum absolute atomic E-state index is 3.43. The lowest BCUT2D eigenvalue weighted by Crippen LogP contribution is -2.56. The second-order valence-corrected chi connectivity index (χ2v) is 5.50. The van der Waals surface area contributed by atoms with Crippen molar-refractivity contribution < 1.29 is 0 Å². The number of aryl methyl sites for hydroxylation is 3. The van der Waals surface area contributed by atoms with E-state index < -0.39 is 0 Å². The van der Waals surface area contributed by atoms with Crippen LogP contribution in [-0.2, 0) is 12.8 Å². The summed E-state index contributed by atoms with van der Waals surface area (Å²) in [6.07, 6.45) is 3.98. The molecule has 1 nitrogen and oxygen atoms in total. The van der Waals surface area contributed by atoms with Crippen LogP contribution in [0.3, 0.4) is 0 Å². The van der Waals surface area contributed by atoms with Crippen LogP contribution in [0.4, 0.5) is 0 Å². The molecule has 0 radical (unpaired) electrons. The summed E-state index contributed by atoms with van der Waals surface area (Å²) in [7, 11) is 0. The molecular formula is C14H19N. The van der Waals surface area contributed by atoms with E-state index in [4.69, 9.17) is 0 Å². The molecule has 0 bridgehead atoms. The summed E-state index contributed by atoms with van der Waals surface area (Å²) >= 11 is 0. The summed E-state index contributed by atoms with van der Waals surface area (Å²) in [5.41, 5.74) is 6.82. The van der Waals surface area contributed by atoms with Gasteiger partial charge in [-0.2, -0.15) is 0 Å². The van der Waals surface area contributed by atoms with Crippen molar-refractivity contribution in [3.63, 3.8) is 0 Å². The third kappa shape index (κ3) is 1.41. The van der Waals surface area contributed by atoms with E-state index in [2.05, 4.69) is 31.3 Å². The monoisotopic (exact) mass is 201 g/mol. The molecule has 1 aromatic rings. The topological polar surface area (TPSA) is 12.0 Å². The van der Waals surface area contributed by atoms with Gasteiger partial charge in [0.15, 0.2) is 0 Å². The summed E-state index contributed by atoms with van der Waals surface area (Å²) in [5, 5.41) is 3.43. The van der Waals surface area contributed by atoms with Crippen molar-refractivity contribution in [2.75, 3.05) is 13.1 Å². The Balaban J connectivity index is 2.01. The molecule has 1 aromatic carbocycles. The molecule has 1 spiro atoms. The average Bonchev–Trinajstić information content (AvgIpc) is 2.15. The Bertz CT molecular complexity index is 402. The first-order valence-corrected chi connectivity index (χ1v) is 5.98. The Labute approximate surface area is 91.9 Å². The van der Waals surface area contributed by atoms with Crippen molar-refractivity contribution in [3.8, 4) is 0 Å². The lowest BCUT2D eigenvalue weighted by atomic mass is 9.67. The Morgan fingerprint density at radius 2 is 2.00 bits per heavy atom. The Kier molecular flexibility index (Phi) is 1.93. The summed E-state index contributed by atoms with van der Waals surface area (Å²) in [4.78, 5) is 0. The van der Waals surface area contributed by atoms with Crippen LogP contribution in [0.2, 0.25) is 0 Å². The van der Waals surface area contributed by atoms with Gasteiger partial charge in [0.1, 0.15) is 0 Å². The molecule has 1 fully saturated rings. The molecule has 1 N–H and O–H groups in total. The lowest BCUT2D eigenvalue weighted by molar-refractivity contribution is 0.143. The quantitative estimate of drug-likeness (QED) is 0.679. The first-order chi connectivity index (χ1) is 7.19. The highest BCUT2D eigenvalue weighted by Crippen LogP contribution is 2.39. The van der Waals surface area contributed by atoms with Gasteiger partial charge in [0, 0.05) is 13.1 Å². The lowest BCUT2D eigenvalue weighted by Gasteiger charge is -2.46. The minimum absolute atomic E-state index is 0.618. The van der Waals surface area contributed by atoms with Crippen LogP contribution in [0.25, 0.3) is 0 Å². The van der Waals surface area contributed by atoms with Gasteiger partial charge in [-0.25, -0.2) is 0 Å². The van der Waals surface area contributed by atoms with Gasteiger partial charge in [-0.15, -0.1) is 0 Å². The van der Waals surface area contributed by atoms with Crippen molar-refractivity contribution in [3.05, 3.63) is 34.4 Å². The molecule has 1 aliphatic carbocycles. The van der Waals surface area contributed by atoms with Gasteiger partial charge in [-0.1, -0.05) is 17.7 Å². The third-order valence-electron chi connectivity index (χ3n) is 4.19. The van der Waals surface area contributed by atoms with Crippen molar-refractivity contribution >= 4 is 0 Å². The van der Waals surface area contributed by atoms with E-state index >= 15 is 0 Å². The predicted octanol–water partition coefficient (Wildman–Crippen LogP) is 2.38. The second-order valence-electron chi connectivity index (χ2n) is 5.50. The van der Waals surface area contributed by atoms with Gasteiger partial charge in [0.05, 0.1) is 0 Å². The molecule has 0 saturated carbocycles. The fourth-order valence-electron chi connectivity index (χ4n) is 3.21. The molecule has 3 rings (SSSR count).